The molecule has 2 amide bonds. The number of carbonyl (C=O) groups is 2. The van der Waals surface area contributed by atoms with Gasteiger partial charge in [-0.15, -0.1) is 23.7 Å². The quantitative estimate of drug-likeness (QED) is 0.868. The SMILES string of the molecule is CN(Cc1cc2ccccc2s1)C(=O)CN1C[C@@H]2CC[C@H](CC1=O)N2.Cl. The number of hydrogen-bond donors (Lipinski definition) is 1. The number of benzene rings is 1. The minimum atomic E-state index is 0. The molecule has 26 heavy (non-hydrogen) atoms. The molecule has 2 fully saturated rings. The fourth-order valence-electron chi connectivity index (χ4n) is 3.79. The fraction of sp³-hybridized carbons (Fsp3) is 0.474. The molecule has 7 heteroatoms. The van der Waals surface area contributed by atoms with Crippen LogP contribution < -0.4 is 5.32 Å². The molecule has 0 aliphatic carbocycles. The van der Waals surface area contributed by atoms with Gasteiger partial charge in [-0.1, -0.05) is 18.2 Å². The van der Waals surface area contributed by atoms with Gasteiger partial charge >= 0.3 is 0 Å². The summed E-state index contributed by atoms with van der Waals surface area (Å²) in [5, 5.41) is 4.70. The molecule has 140 valence electrons. The van der Waals surface area contributed by atoms with E-state index in [4.69, 9.17) is 0 Å². The molecule has 0 radical (unpaired) electrons. The number of carbonyl (C=O) groups excluding carboxylic acids is 2. The first kappa shape index (κ1) is 19.1. The monoisotopic (exact) mass is 393 g/mol. The fourth-order valence-corrected chi connectivity index (χ4v) is 4.91. The second-order valence-corrected chi connectivity index (χ2v) is 8.28. The summed E-state index contributed by atoms with van der Waals surface area (Å²) in [6.45, 7) is 1.42. The lowest BCUT2D eigenvalue weighted by molar-refractivity contribution is -0.140. The highest BCUT2D eigenvalue weighted by Crippen LogP contribution is 2.26. The molecule has 0 spiro atoms. The molecule has 2 saturated heterocycles. The Morgan fingerprint density at radius 1 is 1.31 bits per heavy atom. The maximum atomic E-state index is 12.6. The van der Waals surface area contributed by atoms with Crippen molar-refractivity contribution < 1.29 is 9.59 Å². The van der Waals surface area contributed by atoms with Crippen molar-refractivity contribution in [2.45, 2.75) is 37.9 Å². The zero-order chi connectivity index (χ0) is 17.4. The molecule has 2 aliphatic rings. The van der Waals surface area contributed by atoms with Crippen LogP contribution in [0.1, 0.15) is 24.1 Å². The standard InChI is InChI=1S/C19H23N3O2S.ClH/c1-21(11-16-8-13-4-2-3-5-17(13)25-16)19(24)12-22-10-15-7-6-14(20-15)9-18(22)23;/h2-5,8,14-15,20H,6-7,9-12H2,1H3;1H/t14-,15+;/m1./s1. The van der Waals surface area contributed by atoms with Crippen LogP contribution in [0, 0.1) is 0 Å². The number of amides is 2. The topological polar surface area (TPSA) is 52.7 Å². The van der Waals surface area contributed by atoms with E-state index in [0.717, 1.165) is 12.8 Å². The normalized spacial score (nSPS) is 22.2. The van der Waals surface area contributed by atoms with E-state index in [1.165, 1.54) is 15.0 Å². The largest absolute Gasteiger partial charge is 0.339 e. The molecular formula is C19H24ClN3O2S. The van der Waals surface area contributed by atoms with Gasteiger partial charge in [-0.2, -0.15) is 0 Å². The van der Waals surface area contributed by atoms with Gasteiger partial charge < -0.3 is 15.1 Å². The predicted molar refractivity (Wildman–Crippen MR) is 107 cm³/mol. The molecule has 5 nitrogen and oxygen atoms in total. The van der Waals surface area contributed by atoms with Gasteiger partial charge in [0.15, 0.2) is 0 Å². The van der Waals surface area contributed by atoms with E-state index in [-0.39, 0.29) is 30.8 Å². The highest BCUT2D eigenvalue weighted by atomic mass is 35.5. The van der Waals surface area contributed by atoms with Gasteiger partial charge in [-0.05, 0) is 30.4 Å². The molecule has 1 N–H and O–H groups in total. The van der Waals surface area contributed by atoms with Crippen molar-refractivity contribution in [3.05, 3.63) is 35.2 Å². The zero-order valence-corrected chi connectivity index (χ0v) is 16.4. The number of thiophene rings is 1. The Morgan fingerprint density at radius 2 is 2.08 bits per heavy atom. The highest BCUT2D eigenvalue weighted by Gasteiger charge is 2.34. The average molecular weight is 394 g/mol. The van der Waals surface area contributed by atoms with Crippen molar-refractivity contribution >= 4 is 45.6 Å². The van der Waals surface area contributed by atoms with Crippen LogP contribution in [0.15, 0.2) is 30.3 Å². The highest BCUT2D eigenvalue weighted by molar-refractivity contribution is 7.19. The molecule has 1 aromatic carbocycles. The van der Waals surface area contributed by atoms with E-state index in [1.54, 1.807) is 21.1 Å². The van der Waals surface area contributed by atoms with Crippen molar-refractivity contribution in [3.63, 3.8) is 0 Å². The van der Waals surface area contributed by atoms with Crippen LogP contribution >= 0.6 is 23.7 Å². The molecule has 1 aromatic heterocycles. The summed E-state index contributed by atoms with van der Waals surface area (Å²) in [7, 11) is 1.82. The van der Waals surface area contributed by atoms with Crippen LogP contribution in [-0.4, -0.2) is 53.8 Å². The van der Waals surface area contributed by atoms with Gasteiger partial charge in [0.25, 0.3) is 0 Å². The molecule has 2 atom stereocenters. The number of rotatable bonds is 4. The van der Waals surface area contributed by atoms with Crippen LogP contribution in [-0.2, 0) is 16.1 Å². The maximum Gasteiger partial charge on any atom is 0.242 e. The lowest BCUT2D eigenvalue weighted by Crippen LogP contribution is -2.44. The molecule has 2 aliphatic heterocycles. The summed E-state index contributed by atoms with van der Waals surface area (Å²) in [4.78, 5) is 29.6. The summed E-state index contributed by atoms with van der Waals surface area (Å²) >= 11 is 1.72. The van der Waals surface area contributed by atoms with Crippen molar-refractivity contribution in [1.82, 2.24) is 15.1 Å². The molecule has 2 bridgehead atoms. The third-order valence-corrected chi connectivity index (χ3v) is 6.27. The van der Waals surface area contributed by atoms with Crippen molar-refractivity contribution in [3.8, 4) is 0 Å². The number of nitrogens with zero attached hydrogens (tertiary/aromatic N) is 2. The second-order valence-electron chi connectivity index (χ2n) is 7.12. The Hall–Kier alpha value is -1.63. The molecule has 2 aromatic rings. The van der Waals surface area contributed by atoms with E-state index in [2.05, 4.69) is 23.5 Å². The Bertz CT molecular complexity index is 776. The smallest absolute Gasteiger partial charge is 0.242 e. The van der Waals surface area contributed by atoms with Crippen LogP contribution in [0.25, 0.3) is 10.1 Å². The summed E-state index contributed by atoms with van der Waals surface area (Å²) in [6.07, 6.45) is 2.69. The molecule has 0 unspecified atom stereocenters. The molecule has 3 heterocycles. The Labute approximate surface area is 163 Å². The Morgan fingerprint density at radius 3 is 2.88 bits per heavy atom. The van der Waals surface area contributed by atoms with Gasteiger partial charge in [-0.25, -0.2) is 0 Å². The molecular weight excluding hydrogens is 370 g/mol. The van der Waals surface area contributed by atoms with Gasteiger partial charge in [-0.3, -0.25) is 9.59 Å². The van der Waals surface area contributed by atoms with Crippen LogP contribution in [0.3, 0.4) is 0 Å². The lowest BCUT2D eigenvalue weighted by atomic mass is 10.1. The Balaban J connectivity index is 0.00000196. The lowest BCUT2D eigenvalue weighted by Gasteiger charge is -2.26. The number of nitrogens with one attached hydrogen (secondary N) is 1. The first-order chi connectivity index (χ1) is 12.1. The number of fused-ring (bicyclic) bond motifs is 3. The van der Waals surface area contributed by atoms with Crippen molar-refractivity contribution in [2.75, 3.05) is 20.1 Å². The van der Waals surface area contributed by atoms with E-state index in [1.807, 2.05) is 19.2 Å². The third kappa shape index (κ3) is 4.03. The van der Waals surface area contributed by atoms with Gasteiger partial charge in [0.05, 0.1) is 13.1 Å². The van der Waals surface area contributed by atoms with E-state index < -0.39 is 0 Å². The maximum absolute atomic E-state index is 12.6. The zero-order valence-electron chi connectivity index (χ0n) is 14.8. The third-order valence-electron chi connectivity index (χ3n) is 5.17. The average Bonchev–Trinajstić information content (AvgIpc) is 3.15. The van der Waals surface area contributed by atoms with Gasteiger partial charge in [0.1, 0.15) is 0 Å². The number of halogens is 1. The minimum absolute atomic E-state index is 0. The van der Waals surface area contributed by atoms with Crippen LogP contribution in [0.5, 0.6) is 0 Å². The summed E-state index contributed by atoms with van der Waals surface area (Å²) < 4.78 is 1.24. The van der Waals surface area contributed by atoms with E-state index >= 15 is 0 Å². The summed E-state index contributed by atoms with van der Waals surface area (Å²) in [5.74, 6) is 0.104. The van der Waals surface area contributed by atoms with Crippen LogP contribution in [0.2, 0.25) is 0 Å². The van der Waals surface area contributed by atoms with Gasteiger partial charge in [0, 0.05) is 41.7 Å². The Kier molecular flexibility index (Phi) is 5.85. The van der Waals surface area contributed by atoms with Gasteiger partial charge in [0.2, 0.25) is 11.8 Å². The van der Waals surface area contributed by atoms with Crippen molar-refractivity contribution in [2.24, 2.45) is 0 Å². The summed E-state index contributed by atoms with van der Waals surface area (Å²) in [5.41, 5.74) is 0. The predicted octanol–water partition coefficient (Wildman–Crippen LogP) is 2.63. The number of likely N-dealkylation sites (N-methyl/N-ethyl adjacent to an activating group) is 1. The molecule has 0 saturated carbocycles. The number of hydrogen-bond acceptors (Lipinski definition) is 4. The van der Waals surface area contributed by atoms with Crippen LogP contribution in [0.4, 0.5) is 0 Å². The van der Waals surface area contributed by atoms with E-state index in [0.29, 0.717) is 31.6 Å². The first-order valence-electron chi connectivity index (χ1n) is 8.84. The van der Waals surface area contributed by atoms with Crippen molar-refractivity contribution in [1.29, 1.82) is 0 Å². The number of likely N-dealkylation sites (tertiary alicyclic amines) is 1. The second kappa shape index (κ2) is 7.94. The molecule has 4 rings (SSSR count). The van der Waals surface area contributed by atoms with E-state index in [9.17, 15) is 9.59 Å². The minimum Gasteiger partial charge on any atom is -0.339 e. The summed E-state index contributed by atoms with van der Waals surface area (Å²) in [6, 6.07) is 11.0. The first-order valence-corrected chi connectivity index (χ1v) is 9.65.